The van der Waals surface area contributed by atoms with E-state index >= 15 is 0 Å². The molecule has 0 N–H and O–H groups in total. The Morgan fingerprint density at radius 1 is 1.08 bits per heavy atom. The predicted octanol–water partition coefficient (Wildman–Crippen LogP) is 4.19. The SMILES string of the molecule is CCOc1ccc(/C=C/c2nc3cc(S(=O)(=O)CC)ccc3o2)cc1. The van der Waals surface area contributed by atoms with Crippen molar-refractivity contribution < 1.29 is 17.6 Å². The first-order valence-electron chi connectivity index (χ1n) is 8.06. The van der Waals surface area contributed by atoms with Gasteiger partial charge in [0.25, 0.3) is 0 Å². The van der Waals surface area contributed by atoms with Gasteiger partial charge in [-0.05, 0) is 48.9 Å². The summed E-state index contributed by atoms with van der Waals surface area (Å²) in [6, 6.07) is 12.4. The fraction of sp³-hybridized carbons (Fsp3) is 0.211. The van der Waals surface area contributed by atoms with Crippen molar-refractivity contribution in [1.29, 1.82) is 0 Å². The van der Waals surface area contributed by atoms with E-state index in [0.717, 1.165) is 11.3 Å². The number of ether oxygens (including phenoxy) is 1. The van der Waals surface area contributed by atoms with Crippen LogP contribution in [-0.2, 0) is 9.84 Å². The molecular weight excluding hydrogens is 338 g/mol. The van der Waals surface area contributed by atoms with Gasteiger partial charge in [0.2, 0.25) is 5.89 Å². The Bertz CT molecular complexity index is 1000. The van der Waals surface area contributed by atoms with E-state index in [0.29, 0.717) is 23.6 Å². The first kappa shape index (κ1) is 17.2. The van der Waals surface area contributed by atoms with Crippen molar-refractivity contribution in [3.63, 3.8) is 0 Å². The number of sulfone groups is 1. The van der Waals surface area contributed by atoms with Crippen molar-refractivity contribution in [2.24, 2.45) is 0 Å². The Hall–Kier alpha value is -2.60. The molecule has 5 nitrogen and oxygen atoms in total. The lowest BCUT2D eigenvalue weighted by molar-refractivity contribution is 0.340. The molecule has 25 heavy (non-hydrogen) atoms. The van der Waals surface area contributed by atoms with Crippen LogP contribution in [0.3, 0.4) is 0 Å². The normalized spacial score (nSPS) is 12.1. The fourth-order valence-corrected chi connectivity index (χ4v) is 3.27. The van der Waals surface area contributed by atoms with E-state index in [2.05, 4.69) is 4.98 Å². The smallest absolute Gasteiger partial charge is 0.220 e. The highest BCUT2D eigenvalue weighted by molar-refractivity contribution is 7.91. The minimum atomic E-state index is -3.26. The van der Waals surface area contributed by atoms with Gasteiger partial charge in [-0.25, -0.2) is 13.4 Å². The van der Waals surface area contributed by atoms with Gasteiger partial charge in [0.1, 0.15) is 11.3 Å². The molecule has 0 radical (unpaired) electrons. The molecule has 0 fully saturated rings. The van der Waals surface area contributed by atoms with Crippen molar-refractivity contribution in [3.8, 4) is 5.75 Å². The van der Waals surface area contributed by atoms with Crippen LogP contribution < -0.4 is 4.74 Å². The first-order chi connectivity index (χ1) is 12.0. The summed E-state index contributed by atoms with van der Waals surface area (Å²) >= 11 is 0. The molecule has 0 spiro atoms. The highest BCUT2D eigenvalue weighted by atomic mass is 32.2. The molecule has 3 rings (SSSR count). The van der Waals surface area contributed by atoms with Crippen LogP contribution in [0.25, 0.3) is 23.3 Å². The van der Waals surface area contributed by atoms with Crippen LogP contribution in [0.5, 0.6) is 5.75 Å². The molecule has 0 aliphatic heterocycles. The third-order valence-electron chi connectivity index (χ3n) is 3.72. The van der Waals surface area contributed by atoms with Crippen LogP contribution >= 0.6 is 0 Å². The fourth-order valence-electron chi connectivity index (χ4n) is 2.37. The lowest BCUT2D eigenvalue weighted by Crippen LogP contribution is -2.03. The maximum Gasteiger partial charge on any atom is 0.220 e. The second kappa shape index (κ2) is 7.11. The van der Waals surface area contributed by atoms with Gasteiger partial charge in [-0.15, -0.1) is 0 Å². The molecule has 0 saturated carbocycles. The van der Waals surface area contributed by atoms with Crippen LogP contribution in [0.4, 0.5) is 0 Å². The summed E-state index contributed by atoms with van der Waals surface area (Å²) in [6.07, 6.45) is 3.63. The number of fused-ring (bicyclic) bond motifs is 1. The van der Waals surface area contributed by atoms with Gasteiger partial charge >= 0.3 is 0 Å². The Kier molecular flexibility index (Phi) is 4.90. The van der Waals surface area contributed by atoms with Crippen LogP contribution in [0, 0.1) is 0 Å². The lowest BCUT2D eigenvalue weighted by atomic mass is 10.2. The zero-order valence-corrected chi connectivity index (χ0v) is 14.9. The Morgan fingerprint density at radius 3 is 2.52 bits per heavy atom. The summed E-state index contributed by atoms with van der Waals surface area (Å²) in [5.41, 5.74) is 2.07. The van der Waals surface area contributed by atoms with Crippen molar-refractivity contribution in [2.75, 3.05) is 12.4 Å². The van der Waals surface area contributed by atoms with Crippen LogP contribution in [0.1, 0.15) is 25.3 Å². The highest BCUT2D eigenvalue weighted by Gasteiger charge is 2.13. The van der Waals surface area contributed by atoms with Crippen molar-refractivity contribution in [3.05, 3.63) is 53.9 Å². The van der Waals surface area contributed by atoms with Gasteiger partial charge in [0.05, 0.1) is 17.3 Å². The molecule has 2 aromatic carbocycles. The van der Waals surface area contributed by atoms with Crippen LogP contribution in [0.15, 0.2) is 51.8 Å². The lowest BCUT2D eigenvalue weighted by Gasteiger charge is -2.01. The summed E-state index contributed by atoms with van der Waals surface area (Å²) in [4.78, 5) is 4.60. The topological polar surface area (TPSA) is 69.4 Å². The van der Waals surface area contributed by atoms with Gasteiger partial charge in [-0.1, -0.05) is 19.1 Å². The molecule has 0 aliphatic rings. The third-order valence-corrected chi connectivity index (χ3v) is 5.46. The number of hydrogen-bond donors (Lipinski definition) is 0. The zero-order chi connectivity index (χ0) is 17.9. The van der Waals surface area contributed by atoms with E-state index in [9.17, 15) is 8.42 Å². The molecule has 0 unspecified atom stereocenters. The number of hydrogen-bond acceptors (Lipinski definition) is 5. The predicted molar refractivity (Wildman–Crippen MR) is 98.3 cm³/mol. The van der Waals surface area contributed by atoms with E-state index in [1.165, 1.54) is 0 Å². The monoisotopic (exact) mass is 357 g/mol. The third kappa shape index (κ3) is 3.91. The van der Waals surface area contributed by atoms with Gasteiger partial charge in [0.15, 0.2) is 15.4 Å². The van der Waals surface area contributed by atoms with Gasteiger partial charge < -0.3 is 9.15 Å². The van der Waals surface area contributed by atoms with E-state index in [1.54, 1.807) is 31.2 Å². The molecule has 3 aromatic rings. The van der Waals surface area contributed by atoms with E-state index in [4.69, 9.17) is 9.15 Å². The maximum atomic E-state index is 12.0. The molecule has 6 heteroatoms. The summed E-state index contributed by atoms with van der Waals surface area (Å²) in [5, 5.41) is 0. The largest absolute Gasteiger partial charge is 0.494 e. The van der Waals surface area contributed by atoms with E-state index < -0.39 is 9.84 Å². The number of rotatable bonds is 6. The van der Waals surface area contributed by atoms with Gasteiger partial charge in [0, 0.05) is 6.08 Å². The Morgan fingerprint density at radius 2 is 1.84 bits per heavy atom. The van der Waals surface area contributed by atoms with Crippen molar-refractivity contribution in [2.45, 2.75) is 18.7 Å². The van der Waals surface area contributed by atoms with Gasteiger partial charge in [-0.2, -0.15) is 0 Å². The molecule has 0 amide bonds. The summed E-state index contributed by atoms with van der Waals surface area (Å²) in [7, 11) is -3.26. The molecule has 0 saturated heterocycles. The Balaban J connectivity index is 1.84. The van der Waals surface area contributed by atoms with Crippen LogP contribution in [0.2, 0.25) is 0 Å². The molecule has 1 aromatic heterocycles. The van der Waals surface area contributed by atoms with Crippen LogP contribution in [-0.4, -0.2) is 25.8 Å². The minimum absolute atomic E-state index is 0.0564. The highest BCUT2D eigenvalue weighted by Crippen LogP contribution is 2.22. The quantitative estimate of drug-likeness (QED) is 0.661. The van der Waals surface area contributed by atoms with E-state index in [1.807, 2.05) is 37.3 Å². The van der Waals surface area contributed by atoms with E-state index in [-0.39, 0.29) is 10.6 Å². The molecule has 0 atom stereocenters. The molecule has 0 bridgehead atoms. The molecule has 130 valence electrons. The summed E-state index contributed by atoms with van der Waals surface area (Å²) in [5.74, 6) is 1.31. The van der Waals surface area contributed by atoms with Gasteiger partial charge in [-0.3, -0.25) is 0 Å². The average Bonchev–Trinajstić information content (AvgIpc) is 3.03. The number of benzene rings is 2. The number of aromatic nitrogens is 1. The molecule has 0 aliphatic carbocycles. The second-order valence-electron chi connectivity index (χ2n) is 5.42. The number of oxazole rings is 1. The maximum absolute atomic E-state index is 12.0. The standard InChI is InChI=1S/C19H19NO4S/c1-3-23-15-8-5-14(6-9-15)7-12-19-20-17-13-16(25(21,22)4-2)10-11-18(17)24-19/h5-13H,3-4H2,1-2H3/b12-7+. The van der Waals surface area contributed by atoms with Crippen molar-refractivity contribution >= 4 is 33.1 Å². The number of nitrogens with zero attached hydrogens (tertiary/aromatic N) is 1. The van der Waals surface area contributed by atoms with Crippen molar-refractivity contribution in [1.82, 2.24) is 4.98 Å². The average molecular weight is 357 g/mol. The summed E-state index contributed by atoms with van der Waals surface area (Å²) < 4.78 is 35.0. The summed E-state index contributed by atoms with van der Waals surface area (Å²) in [6.45, 7) is 4.19. The Labute approximate surface area is 146 Å². The molecule has 1 heterocycles. The molecular formula is C19H19NO4S. The first-order valence-corrected chi connectivity index (χ1v) is 9.71. The second-order valence-corrected chi connectivity index (χ2v) is 7.70. The zero-order valence-electron chi connectivity index (χ0n) is 14.1. The minimum Gasteiger partial charge on any atom is -0.494 e.